The van der Waals surface area contributed by atoms with E-state index >= 15 is 0 Å². The standard InChI is InChI=1S/C13H20N8/c1-5-14-11-18-12(20-13(19-11)21(3)4)16-8-10-6-7-15-9(2)17-10/h6-7H,5,8H2,1-4H3,(H2,14,16,18,19,20). The Kier molecular flexibility index (Phi) is 4.81. The van der Waals surface area contributed by atoms with Crippen LogP contribution in [-0.2, 0) is 6.54 Å². The summed E-state index contributed by atoms with van der Waals surface area (Å²) in [5.41, 5.74) is 0.888. The highest BCUT2D eigenvalue weighted by molar-refractivity contribution is 5.43. The van der Waals surface area contributed by atoms with Gasteiger partial charge in [-0.05, 0) is 19.9 Å². The molecule has 0 unspecified atom stereocenters. The number of anilines is 3. The summed E-state index contributed by atoms with van der Waals surface area (Å²) in [6.45, 7) is 5.14. The Morgan fingerprint density at radius 2 is 1.76 bits per heavy atom. The van der Waals surface area contributed by atoms with Gasteiger partial charge in [0, 0.05) is 26.8 Å². The topological polar surface area (TPSA) is 91.8 Å². The molecule has 2 aromatic heterocycles. The summed E-state index contributed by atoms with van der Waals surface area (Å²) < 4.78 is 0. The van der Waals surface area contributed by atoms with Gasteiger partial charge in [0.25, 0.3) is 0 Å². The van der Waals surface area contributed by atoms with Crippen molar-refractivity contribution in [1.82, 2.24) is 24.9 Å². The molecule has 0 saturated heterocycles. The van der Waals surface area contributed by atoms with Crippen LogP contribution in [-0.4, -0.2) is 45.6 Å². The zero-order valence-corrected chi connectivity index (χ0v) is 12.8. The molecule has 0 saturated carbocycles. The third-order valence-electron chi connectivity index (χ3n) is 2.62. The number of aryl methyl sites for hydroxylation is 1. The average Bonchev–Trinajstić information content (AvgIpc) is 2.45. The number of hydrogen-bond acceptors (Lipinski definition) is 8. The summed E-state index contributed by atoms with van der Waals surface area (Å²) in [7, 11) is 3.78. The fraction of sp³-hybridized carbons (Fsp3) is 0.462. The minimum absolute atomic E-state index is 0.515. The molecule has 2 N–H and O–H groups in total. The summed E-state index contributed by atoms with van der Waals surface area (Å²) >= 11 is 0. The van der Waals surface area contributed by atoms with E-state index in [1.165, 1.54) is 0 Å². The molecular weight excluding hydrogens is 268 g/mol. The number of rotatable bonds is 6. The highest BCUT2D eigenvalue weighted by atomic mass is 15.3. The first-order chi connectivity index (χ1) is 10.1. The second-order valence-corrected chi connectivity index (χ2v) is 4.66. The van der Waals surface area contributed by atoms with Crippen LogP contribution in [0.1, 0.15) is 18.4 Å². The Morgan fingerprint density at radius 3 is 2.38 bits per heavy atom. The molecule has 8 heteroatoms. The molecule has 2 rings (SSSR count). The summed E-state index contributed by atoms with van der Waals surface area (Å²) in [5, 5.41) is 6.26. The lowest BCUT2D eigenvalue weighted by Gasteiger charge is -2.13. The quantitative estimate of drug-likeness (QED) is 0.816. The molecule has 0 aliphatic rings. The zero-order chi connectivity index (χ0) is 15.2. The first kappa shape index (κ1) is 14.9. The zero-order valence-electron chi connectivity index (χ0n) is 12.8. The van der Waals surface area contributed by atoms with E-state index in [0.29, 0.717) is 24.4 Å². The van der Waals surface area contributed by atoms with Crippen LogP contribution in [0.25, 0.3) is 0 Å². The van der Waals surface area contributed by atoms with E-state index in [9.17, 15) is 0 Å². The Bertz CT molecular complexity index is 598. The van der Waals surface area contributed by atoms with Gasteiger partial charge < -0.3 is 15.5 Å². The van der Waals surface area contributed by atoms with E-state index in [1.54, 1.807) is 6.20 Å². The van der Waals surface area contributed by atoms with E-state index in [2.05, 4.69) is 35.6 Å². The van der Waals surface area contributed by atoms with E-state index in [4.69, 9.17) is 0 Å². The second-order valence-electron chi connectivity index (χ2n) is 4.66. The van der Waals surface area contributed by atoms with Crippen molar-refractivity contribution in [2.75, 3.05) is 36.2 Å². The summed E-state index contributed by atoms with van der Waals surface area (Å²) in [6.07, 6.45) is 1.74. The van der Waals surface area contributed by atoms with Gasteiger partial charge >= 0.3 is 0 Å². The Hall–Kier alpha value is -2.51. The average molecular weight is 288 g/mol. The van der Waals surface area contributed by atoms with Crippen LogP contribution in [0.15, 0.2) is 12.3 Å². The number of hydrogen-bond donors (Lipinski definition) is 2. The van der Waals surface area contributed by atoms with Crippen molar-refractivity contribution >= 4 is 17.8 Å². The van der Waals surface area contributed by atoms with Crippen LogP contribution in [0.5, 0.6) is 0 Å². The Balaban J connectivity index is 2.14. The summed E-state index contributed by atoms with van der Waals surface area (Å²) in [5.74, 6) is 2.41. The van der Waals surface area contributed by atoms with E-state index in [1.807, 2.05) is 38.9 Å². The molecule has 2 aromatic rings. The van der Waals surface area contributed by atoms with Crippen LogP contribution >= 0.6 is 0 Å². The highest BCUT2D eigenvalue weighted by Crippen LogP contribution is 2.12. The molecule has 0 bridgehead atoms. The molecule has 112 valence electrons. The molecule has 0 aliphatic carbocycles. The van der Waals surface area contributed by atoms with Gasteiger partial charge in [-0.3, -0.25) is 0 Å². The lowest BCUT2D eigenvalue weighted by atomic mass is 10.4. The minimum atomic E-state index is 0.515. The van der Waals surface area contributed by atoms with Crippen LogP contribution in [0.4, 0.5) is 17.8 Å². The largest absolute Gasteiger partial charge is 0.354 e. The van der Waals surface area contributed by atoms with Crippen molar-refractivity contribution in [3.8, 4) is 0 Å². The molecule has 0 spiro atoms. The predicted octanol–water partition coefficient (Wildman–Crippen LogP) is 1.08. The van der Waals surface area contributed by atoms with Crippen molar-refractivity contribution in [1.29, 1.82) is 0 Å². The van der Waals surface area contributed by atoms with Gasteiger partial charge in [-0.1, -0.05) is 0 Å². The minimum Gasteiger partial charge on any atom is -0.354 e. The van der Waals surface area contributed by atoms with Gasteiger partial charge in [0.2, 0.25) is 17.8 Å². The smallest absolute Gasteiger partial charge is 0.231 e. The number of aromatic nitrogens is 5. The molecule has 0 fully saturated rings. The third kappa shape index (κ3) is 4.23. The fourth-order valence-corrected chi connectivity index (χ4v) is 1.65. The van der Waals surface area contributed by atoms with Crippen molar-refractivity contribution in [3.63, 3.8) is 0 Å². The molecule has 0 aliphatic heterocycles. The predicted molar refractivity (Wildman–Crippen MR) is 82.4 cm³/mol. The molecule has 0 aromatic carbocycles. The fourth-order valence-electron chi connectivity index (χ4n) is 1.65. The summed E-state index contributed by atoms with van der Waals surface area (Å²) in [6, 6.07) is 1.86. The van der Waals surface area contributed by atoms with Gasteiger partial charge in [0.05, 0.1) is 12.2 Å². The first-order valence-electron chi connectivity index (χ1n) is 6.78. The van der Waals surface area contributed by atoms with E-state index < -0.39 is 0 Å². The first-order valence-corrected chi connectivity index (χ1v) is 6.78. The van der Waals surface area contributed by atoms with Crippen LogP contribution in [0.2, 0.25) is 0 Å². The maximum atomic E-state index is 4.36. The second kappa shape index (κ2) is 6.78. The maximum absolute atomic E-state index is 4.36. The molecule has 0 amide bonds. The molecule has 0 atom stereocenters. The highest BCUT2D eigenvalue weighted by Gasteiger charge is 2.07. The third-order valence-corrected chi connectivity index (χ3v) is 2.62. The molecule has 0 radical (unpaired) electrons. The molecule has 2 heterocycles. The van der Waals surface area contributed by atoms with Gasteiger partial charge in [-0.15, -0.1) is 0 Å². The van der Waals surface area contributed by atoms with Crippen molar-refractivity contribution in [2.24, 2.45) is 0 Å². The van der Waals surface area contributed by atoms with Gasteiger partial charge in [-0.2, -0.15) is 15.0 Å². The normalized spacial score (nSPS) is 10.3. The summed E-state index contributed by atoms with van der Waals surface area (Å²) in [4.78, 5) is 23.3. The van der Waals surface area contributed by atoms with Crippen molar-refractivity contribution < 1.29 is 0 Å². The van der Waals surface area contributed by atoms with E-state index in [0.717, 1.165) is 18.1 Å². The van der Waals surface area contributed by atoms with Crippen LogP contribution in [0, 0.1) is 6.92 Å². The molecule has 8 nitrogen and oxygen atoms in total. The van der Waals surface area contributed by atoms with Gasteiger partial charge in [-0.25, -0.2) is 9.97 Å². The molecular formula is C13H20N8. The van der Waals surface area contributed by atoms with Gasteiger partial charge in [0.1, 0.15) is 5.82 Å². The lowest BCUT2D eigenvalue weighted by Crippen LogP contribution is -2.17. The SMILES string of the molecule is CCNc1nc(NCc2ccnc(C)n2)nc(N(C)C)n1. The number of nitrogens with one attached hydrogen (secondary N) is 2. The van der Waals surface area contributed by atoms with E-state index in [-0.39, 0.29) is 0 Å². The maximum Gasteiger partial charge on any atom is 0.231 e. The monoisotopic (exact) mass is 288 g/mol. The number of nitrogens with zero attached hydrogens (tertiary/aromatic N) is 6. The van der Waals surface area contributed by atoms with Crippen LogP contribution in [0.3, 0.4) is 0 Å². The van der Waals surface area contributed by atoms with Crippen LogP contribution < -0.4 is 15.5 Å². The Labute approximate surface area is 124 Å². The van der Waals surface area contributed by atoms with Crippen molar-refractivity contribution in [3.05, 3.63) is 23.8 Å². The van der Waals surface area contributed by atoms with Gasteiger partial charge in [0.15, 0.2) is 0 Å². The molecule has 21 heavy (non-hydrogen) atoms. The Morgan fingerprint density at radius 1 is 1.05 bits per heavy atom. The van der Waals surface area contributed by atoms with Crippen molar-refractivity contribution in [2.45, 2.75) is 20.4 Å². The lowest BCUT2D eigenvalue weighted by molar-refractivity contribution is 0.912.